The van der Waals surface area contributed by atoms with Crippen molar-refractivity contribution in [2.75, 3.05) is 18.9 Å². The van der Waals surface area contributed by atoms with E-state index in [9.17, 15) is 9.59 Å². The van der Waals surface area contributed by atoms with E-state index < -0.39 is 5.97 Å². The predicted molar refractivity (Wildman–Crippen MR) is 94.5 cm³/mol. The van der Waals surface area contributed by atoms with Gasteiger partial charge in [0.15, 0.2) is 0 Å². The molecule has 0 aliphatic carbocycles. The molecule has 0 saturated carbocycles. The first-order valence-corrected chi connectivity index (χ1v) is 9.07. The lowest BCUT2D eigenvalue weighted by molar-refractivity contribution is -0.138. The lowest BCUT2D eigenvalue weighted by Gasteiger charge is -2.20. The summed E-state index contributed by atoms with van der Waals surface area (Å²) in [6.45, 7) is 2.13. The summed E-state index contributed by atoms with van der Waals surface area (Å²) in [5.41, 5.74) is 1.95. The highest BCUT2D eigenvalue weighted by molar-refractivity contribution is 7.99. The van der Waals surface area contributed by atoms with Crippen molar-refractivity contribution < 1.29 is 18.7 Å². The van der Waals surface area contributed by atoms with Crippen molar-refractivity contribution >= 4 is 23.8 Å². The molecule has 0 bridgehead atoms. The molecule has 2 heterocycles. The predicted octanol–water partition coefficient (Wildman–Crippen LogP) is 1.88. The van der Waals surface area contributed by atoms with Crippen LogP contribution in [0.3, 0.4) is 0 Å². The van der Waals surface area contributed by atoms with E-state index >= 15 is 0 Å². The fourth-order valence-corrected chi connectivity index (χ4v) is 3.11. The highest BCUT2D eigenvalue weighted by Crippen LogP contribution is 2.22. The van der Waals surface area contributed by atoms with Gasteiger partial charge in [-0.15, -0.1) is 10.2 Å². The van der Waals surface area contributed by atoms with Crippen LogP contribution in [-0.4, -0.2) is 41.1 Å². The number of urea groups is 1. The molecule has 136 valence electrons. The van der Waals surface area contributed by atoms with Gasteiger partial charge in [0.1, 0.15) is 0 Å². The molecule has 26 heavy (non-hydrogen) atoms. The zero-order valence-electron chi connectivity index (χ0n) is 14.2. The molecule has 0 fully saturated rings. The van der Waals surface area contributed by atoms with Gasteiger partial charge in [-0.25, -0.2) is 9.59 Å². The zero-order valence-corrected chi connectivity index (χ0v) is 15.0. The molecular weight excluding hydrogens is 356 g/mol. The standard InChI is InChI=1S/C17H18N4O4S/c1-2-24-15(22)12-9-18-16(23)19-13(12)10-26-17-21-20-14(25-17)8-11-6-4-3-5-7-11/h3-7H,2,8-10H2,1H3,(H2,18,19,23). The number of amides is 2. The Labute approximate surface area is 154 Å². The van der Waals surface area contributed by atoms with Crippen molar-refractivity contribution in [3.05, 3.63) is 53.1 Å². The molecule has 1 aliphatic heterocycles. The van der Waals surface area contributed by atoms with E-state index in [1.54, 1.807) is 6.92 Å². The van der Waals surface area contributed by atoms with Crippen molar-refractivity contribution in [1.29, 1.82) is 0 Å². The van der Waals surface area contributed by atoms with Crippen LogP contribution in [0.15, 0.2) is 51.2 Å². The van der Waals surface area contributed by atoms with Crippen LogP contribution < -0.4 is 10.6 Å². The Balaban J connectivity index is 1.65. The maximum absolute atomic E-state index is 12.0. The van der Waals surface area contributed by atoms with Gasteiger partial charge in [-0.2, -0.15) is 0 Å². The van der Waals surface area contributed by atoms with Crippen LogP contribution in [-0.2, 0) is 16.0 Å². The molecule has 2 aromatic rings. The quantitative estimate of drug-likeness (QED) is 0.563. The van der Waals surface area contributed by atoms with Crippen LogP contribution in [0.25, 0.3) is 0 Å². The van der Waals surface area contributed by atoms with Crippen LogP contribution in [0.1, 0.15) is 18.4 Å². The lowest BCUT2D eigenvalue weighted by Crippen LogP contribution is -2.44. The van der Waals surface area contributed by atoms with Crippen molar-refractivity contribution in [2.24, 2.45) is 0 Å². The van der Waals surface area contributed by atoms with Gasteiger partial charge in [0.2, 0.25) is 5.89 Å². The third-order valence-electron chi connectivity index (χ3n) is 3.56. The average Bonchev–Trinajstić information content (AvgIpc) is 3.08. The van der Waals surface area contributed by atoms with E-state index in [1.807, 2.05) is 30.3 Å². The van der Waals surface area contributed by atoms with Gasteiger partial charge in [0.05, 0.1) is 25.1 Å². The van der Waals surface area contributed by atoms with Gasteiger partial charge < -0.3 is 19.8 Å². The van der Waals surface area contributed by atoms with Gasteiger partial charge in [-0.1, -0.05) is 42.1 Å². The lowest BCUT2D eigenvalue weighted by atomic mass is 10.2. The molecule has 2 N–H and O–H groups in total. The second kappa shape index (κ2) is 8.52. The third-order valence-corrected chi connectivity index (χ3v) is 4.41. The average molecular weight is 374 g/mol. The van der Waals surface area contributed by atoms with E-state index in [2.05, 4.69) is 20.8 Å². The highest BCUT2D eigenvalue weighted by Gasteiger charge is 2.24. The summed E-state index contributed by atoms with van der Waals surface area (Å²) >= 11 is 1.25. The van der Waals surface area contributed by atoms with Crippen LogP contribution >= 0.6 is 11.8 Å². The Morgan fingerprint density at radius 3 is 2.88 bits per heavy atom. The van der Waals surface area contributed by atoms with Crippen LogP contribution in [0.2, 0.25) is 0 Å². The second-order valence-electron chi connectivity index (χ2n) is 5.40. The maximum Gasteiger partial charge on any atom is 0.337 e. The number of carbonyl (C=O) groups is 2. The Morgan fingerprint density at radius 2 is 2.12 bits per heavy atom. The molecule has 0 atom stereocenters. The topological polar surface area (TPSA) is 106 Å². The fraction of sp³-hybridized carbons (Fsp3) is 0.294. The van der Waals surface area contributed by atoms with Gasteiger partial charge in [-0.05, 0) is 12.5 Å². The molecule has 8 nitrogen and oxygen atoms in total. The molecule has 3 rings (SSSR count). The number of esters is 1. The normalized spacial score (nSPS) is 14.0. The smallest absolute Gasteiger partial charge is 0.337 e. The number of carbonyl (C=O) groups excluding carboxylic acids is 2. The molecule has 0 radical (unpaired) electrons. The Morgan fingerprint density at radius 1 is 1.31 bits per heavy atom. The summed E-state index contributed by atoms with van der Waals surface area (Å²) in [5.74, 6) is 0.368. The monoisotopic (exact) mass is 374 g/mol. The minimum absolute atomic E-state index is 0.129. The molecule has 0 spiro atoms. The van der Waals surface area contributed by atoms with E-state index in [0.717, 1.165) is 5.56 Å². The number of nitrogens with zero attached hydrogens (tertiary/aromatic N) is 2. The van der Waals surface area contributed by atoms with Gasteiger partial charge >= 0.3 is 12.0 Å². The molecular formula is C17H18N4O4S. The Bertz CT molecular complexity index is 819. The van der Waals surface area contributed by atoms with Crippen LogP contribution in [0.5, 0.6) is 0 Å². The van der Waals surface area contributed by atoms with E-state index in [1.165, 1.54) is 11.8 Å². The molecule has 1 aromatic carbocycles. The van der Waals surface area contributed by atoms with Crippen molar-refractivity contribution in [3.8, 4) is 0 Å². The van der Waals surface area contributed by atoms with E-state index in [0.29, 0.717) is 34.6 Å². The van der Waals surface area contributed by atoms with Gasteiger partial charge in [-0.3, -0.25) is 0 Å². The zero-order chi connectivity index (χ0) is 18.4. The van der Waals surface area contributed by atoms with Crippen LogP contribution in [0, 0.1) is 0 Å². The summed E-state index contributed by atoms with van der Waals surface area (Å²) in [7, 11) is 0. The minimum atomic E-state index is -0.453. The maximum atomic E-state index is 12.0. The van der Waals surface area contributed by atoms with Crippen LogP contribution in [0.4, 0.5) is 4.79 Å². The minimum Gasteiger partial charge on any atom is -0.463 e. The summed E-state index contributed by atoms with van der Waals surface area (Å²) in [5, 5.41) is 13.6. The van der Waals surface area contributed by atoms with E-state index in [-0.39, 0.29) is 19.2 Å². The van der Waals surface area contributed by atoms with Crippen molar-refractivity contribution in [2.45, 2.75) is 18.6 Å². The number of hydrogen-bond donors (Lipinski definition) is 2. The summed E-state index contributed by atoms with van der Waals surface area (Å²) in [6, 6.07) is 9.45. The highest BCUT2D eigenvalue weighted by atomic mass is 32.2. The summed E-state index contributed by atoms with van der Waals surface area (Å²) < 4.78 is 10.6. The summed E-state index contributed by atoms with van der Waals surface area (Å²) in [4.78, 5) is 23.6. The van der Waals surface area contributed by atoms with Gasteiger partial charge in [0.25, 0.3) is 5.22 Å². The summed E-state index contributed by atoms with van der Waals surface area (Å²) in [6.07, 6.45) is 0.547. The third kappa shape index (κ3) is 4.63. The van der Waals surface area contributed by atoms with Crippen molar-refractivity contribution in [3.63, 3.8) is 0 Å². The fourth-order valence-electron chi connectivity index (χ4n) is 2.34. The van der Waals surface area contributed by atoms with Crippen molar-refractivity contribution in [1.82, 2.24) is 20.8 Å². The van der Waals surface area contributed by atoms with E-state index in [4.69, 9.17) is 9.15 Å². The SMILES string of the molecule is CCOC(=O)C1=C(CSc2nnc(Cc3ccccc3)o2)NC(=O)NC1. The molecule has 0 saturated heterocycles. The number of nitrogens with one attached hydrogen (secondary N) is 2. The second-order valence-corrected chi connectivity index (χ2v) is 6.32. The first-order valence-electron chi connectivity index (χ1n) is 8.08. The molecule has 2 amide bonds. The van der Waals surface area contributed by atoms with Gasteiger partial charge in [0, 0.05) is 11.4 Å². The number of thioether (sulfide) groups is 1. The number of hydrogen-bond acceptors (Lipinski definition) is 7. The Kier molecular flexibility index (Phi) is 5.90. The molecule has 9 heteroatoms. The number of benzene rings is 1. The molecule has 1 aromatic heterocycles. The largest absolute Gasteiger partial charge is 0.463 e. The number of rotatable bonds is 7. The molecule has 1 aliphatic rings. The first-order chi connectivity index (χ1) is 12.7. The Hall–Kier alpha value is -2.81. The number of aromatic nitrogens is 2. The number of ether oxygens (including phenoxy) is 1. The first kappa shape index (κ1) is 18.0. The molecule has 0 unspecified atom stereocenters.